The predicted molar refractivity (Wildman–Crippen MR) is 83.4 cm³/mol. The molecule has 0 fully saturated rings. The zero-order valence-electron chi connectivity index (χ0n) is 11.8. The summed E-state index contributed by atoms with van der Waals surface area (Å²) in [5.41, 5.74) is 2.53. The Kier molecular flexibility index (Phi) is 4.15. The number of aromatic nitrogens is 2. The van der Waals surface area contributed by atoms with Crippen LogP contribution in [0.3, 0.4) is 0 Å². The van der Waals surface area contributed by atoms with E-state index in [0.717, 1.165) is 15.7 Å². The van der Waals surface area contributed by atoms with Crippen LogP contribution in [0.2, 0.25) is 0 Å². The van der Waals surface area contributed by atoms with Gasteiger partial charge in [0.25, 0.3) is 0 Å². The molecule has 0 radical (unpaired) electrons. The van der Waals surface area contributed by atoms with E-state index in [-0.39, 0.29) is 5.54 Å². The average molecular weight is 333 g/mol. The number of halogens is 1. The van der Waals surface area contributed by atoms with E-state index >= 15 is 0 Å². The number of benzene rings is 1. The second-order valence-electron chi connectivity index (χ2n) is 5.62. The molecule has 0 amide bonds. The van der Waals surface area contributed by atoms with Gasteiger partial charge in [-0.15, -0.1) is 0 Å². The van der Waals surface area contributed by atoms with Crippen molar-refractivity contribution < 1.29 is 0 Å². The van der Waals surface area contributed by atoms with Crippen molar-refractivity contribution in [2.45, 2.75) is 32.9 Å². The molecule has 1 aromatic heterocycles. The van der Waals surface area contributed by atoms with Crippen molar-refractivity contribution in [3.05, 3.63) is 46.2 Å². The van der Waals surface area contributed by atoms with Crippen molar-refractivity contribution in [1.29, 1.82) is 5.26 Å². The monoisotopic (exact) mass is 332 g/mol. The molecule has 0 spiro atoms. The first-order valence-corrected chi connectivity index (χ1v) is 7.17. The van der Waals surface area contributed by atoms with E-state index in [4.69, 9.17) is 5.26 Å². The number of rotatable bonds is 3. The lowest BCUT2D eigenvalue weighted by Crippen LogP contribution is -2.21. The summed E-state index contributed by atoms with van der Waals surface area (Å²) >= 11 is 3.37. The molecule has 0 saturated heterocycles. The van der Waals surface area contributed by atoms with Gasteiger partial charge in [0.05, 0.1) is 23.0 Å². The SMILES string of the molecule is CC(C)(C)n1cc(CNc2ccc(Br)cc2C#N)cn1. The third-order valence-electron chi connectivity index (χ3n) is 2.91. The van der Waals surface area contributed by atoms with E-state index in [9.17, 15) is 0 Å². The molecule has 0 unspecified atom stereocenters. The third kappa shape index (κ3) is 3.40. The van der Waals surface area contributed by atoms with E-state index in [2.05, 4.69) is 53.2 Å². The second kappa shape index (κ2) is 5.68. The summed E-state index contributed by atoms with van der Waals surface area (Å²) in [6, 6.07) is 7.81. The van der Waals surface area contributed by atoms with E-state index < -0.39 is 0 Å². The Morgan fingerprint density at radius 1 is 1.40 bits per heavy atom. The lowest BCUT2D eigenvalue weighted by Gasteiger charge is -2.18. The minimum absolute atomic E-state index is 0.0202. The van der Waals surface area contributed by atoms with Crippen LogP contribution in [0, 0.1) is 11.3 Å². The van der Waals surface area contributed by atoms with Crippen LogP contribution >= 0.6 is 15.9 Å². The number of hydrogen-bond donors (Lipinski definition) is 1. The summed E-state index contributed by atoms with van der Waals surface area (Å²) in [7, 11) is 0. The van der Waals surface area contributed by atoms with Crippen LogP contribution in [0.15, 0.2) is 35.1 Å². The number of nitrogens with one attached hydrogen (secondary N) is 1. The quantitative estimate of drug-likeness (QED) is 0.927. The van der Waals surface area contributed by atoms with E-state index in [1.54, 1.807) is 6.07 Å². The fourth-order valence-corrected chi connectivity index (χ4v) is 2.14. The molecular formula is C15H17BrN4. The first kappa shape index (κ1) is 14.6. The summed E-state index contributed by atoms with van der Waals surface area (Å²) in [6.07, 6.45) is 3.88. The van der Waals surface area contributed by atoms with Crippen LogP contribution in [0.5, 0.6) is 0 Å². The molecule has 0 bridgehead atoms. The normalized spacial score (nSPS) is 11.2. The van der Waals surface area contributed by atoms with E-state index in [0.29, 0.717) is 12.1 Å². The zero-order valence-corrected chi connectivity index (χ0v) is 13.4. The van der Waals surface area contributed by atoms with Gasteiger partial charge in [0.15, 0.2) is 0 Å². The molecule has 1 aromatic carbocycles. The molecule has 1 heterocycles. The highest BCUT2D eigenvalue weighted by molar-refractivity contribution is 9.10. The smallest absolute Gasteiger partial charge is 0.101 e. The number of nitrogens with zero attached hydrogens (tertiary/aromatic N) is 3. The molecule has 1 N–H and O–H groups in total. The largest absolute Gasteiger partial charge is 0.380 e. The molecule has 104 valence electrons. The maximum atomic E-state index is 9.12. The summed E-state index contributed by atoms with van der Waals surface area (Å²) in [4.78, 5) is 0. The first-order valence-electron chi connectivity index (χ1n) is 6.38. The molecule has 2 aromatic rings. The van der Waals surface area contributed by atoms with Crippen molar-refractivity contribution in [3.8, 4) is 6.07 Å². The third-order valence-corrected chi connectivity index (χ3v) is 3.40. The maximum Gasteiger partial charge on any atom is 0.101 e. The molecule has 0 saturated carbocycles. The Labute approximate surface area is 127 Å². The lowest BCUT2D eigenvalue weighted by molar-refractivity contribution is 0.355. The van der Waals surface area contributed by atoms with Crippen LogP contribution in [-0.2, 0) is 12.1 Å². The van der Waals surface area contributed by atoms with Crippen LogP contribution in [0.4, 0.5) is 5.69 Å². The van der Waals surface area contributed by atoms with Gasteiger partial charge in [0.1, 0.15) is 6.07 Å². The lowest BCUT2D eigenvalue weighted by atomic mass is 10.1. The molecule has 0 aliphatic heterocycles. The zero-order chi connectivity index (χ0) is 14.8. The Morgan fingerprint density at radius 2 is 2.15 bits per heavy atom. The van der Waals surface area contributed by atoms with Crippen molar-refractivity contribution in [2.75, 3.05) is 5.32 Å². The minimum atomic E-state index is -0.0202. The number of hydrogen-bond acceptors (Lipinski definition) is 3. The standard InChI is InChI=1S/C15H17BrN4/c1-15(2,3)20-10-11(9-19-20)8-18-14-5-4-13(16)6-12(14)7-17/h4-6,9-10,18H,8H2,1-3H3. The predicted octanol–water partition coefficient (Wildman–Crippen LogP) is 3.88. The first-order chi connectivity index (χ1) is 9.40. The average Bonchev–Trinajstić information content (AvgIpc) is 2.86. The number of nitriles is 1. The molecule has 4 nitrogen and oxygen atoms in total. The summed E-state index contributed by atoms with van der Waals surface area (Å²) in [5, 5.41) is 16.8. The van der Waals surface area contributed by atoms with Crippen LogP contribution in [-0.4, -0.2) is 9.78 Å². The number of anilines is 1. The fraction of sp³-hybridized carbons (Fsp3) is 0.333. The van der Waals surface area contributed by atoms with Gasteiger partial charge in [-0.25, -0.2) is 0 Å². The Balaban J connectivity index is 2.10. The van der Waals surface area contributed by atoms with Crippen molar-refractivity contribution in [3.63, 3.8) is 0 Å². The highest BCUT2D eigenvalue weighted by Crippen LogP contribution is 2.21. The molecule has 20 heavy (non-hydrogen) atoms. The van der Waals surface area contributed by atoms with Gasteiger partial charge in [0.2, 0.25) is 0 Å². The Hall–Kier alpha value is -1.80. The Morgan fingerprint density at radius 3 is 2.75 bits per heavy atom. The van der Waals surface area contributed by atoms with Crippen molar-refractivity contribution in [2.24, 2.45) is 0 Å². The van der Waals surface area contributed by atoms with E-state index in [1.807, 2.05) is 29.2 Å². The Bertz CT molecular complexity index is 647. The molecule has 2 rings (SSSR count). The second-order valence-corrected chi connectivity index (χ2v) is 6.53. The molecule has 0 aliphatic rings. The summed E-state index contributed by atoms with van der Waals surface area (Å²) < 4.78 is 2.84. The maximum absolute atomic E-state index is 9.12. The van der Waals surface area contributed by atoms with Gasteiger partial charge >= 0.3 is 0 Å². The van der Waals surface area contributed by atoms with Gasteiger partial charge in [0, 0.05) is 22.8 Å². The molecule has 0 atom stereocenters. The minimum Gasteiger partial charge on any atom is -0.380 e. The van der Waals surface area contributed by atoms with Gasteiger partial charge < -0.3 is 5.32 Å². The van der Waals surface area contributed by atoms with Crippen LogP contribution in [0.1, 0.15) is 31.9 Å². The topological polar surface area (TPSA) is 53.6 Å². The van der Waals surface area contributed by atoms with Gasteiger partial charge in [-0.3, -0.25) is 4.68 Å². The highest BCUT2D eigenvalue weighted by Gasteiger charge is 2.13. The summed E-state index contributed by atoms with van der Waals surface area (Å²) in [5.74, 6) is 0. The van der Waals surface area contributed by atoms with Gasteiger partial charge in [-0.1, -0.05) is 15.9 Å². The summed E-state index contributed by atoms with van der Waals surface area (Å²) in [6.45, 7) is 6.98. The van der Waals surface area contributed by atoms with Crippen molar-refractivity contribution in [1.82, 2.24) is 9.78 Å². The molecular weight excluding hydrogens is 316 g/mol. The molecule has 0 aliphatic carbocycles. The van der Waals surface area contributed by atoms with Gasteiger partial charge in [-0.2, -0.15) is 10.4 Å². The molecule has 5 heteroatoms. The highest BCUT2D eigenvalue weighted by atomic mass is 79.9. The fourth-order valence-electron chi connectivity index (χ4n) is 1.78. The van der Waals surface area contributed by atoms with E-state index in [1.165, 1.54) is 0 Å². The van der Waals surface area contributed by atoms with Crippen LogP contribution in [0.25, 0.3) is 0 Å². The van der Waals surface area contributed by atoms with Gasteiger partial charge in [-0.05, 0) is 39.0 Å². The van der Waals surface area contributed by atoms with Crippen molar-refractivity contribution >= 4 is 21.6 Å². The van der Waals surface area contributed by atoms with Crippen LogP contribution < -0.4 is 5.32 Å².